The minimum atomic E-state index is -4.80. The molecule has 0 spiro atoms. The number of amides is 4. The lowest BCUT2D eigenvalue weighted by molar-refractivity contribution is -0.216. The summed E-state index contributed by atoms with van der Waals surface area (Å²) in [6.07, 6.45) is -0.305. The number of aromatic nitrogens is 2. The van der Waals surface area contributed by atoms with Crippen LogP contribution in [0.4, 0.5) is 26.3 Å². The molecule has 6 heterocycles. The highest BCUT2D eigenvalue weighted by atomic mass is 32.2. The third-order valence-electron chi connectivity index (χ3n) is 24.8. The SMILES string of the molecule is CCCOc1cnc(O[C@@H]2C[C@H]3C(=O)C[C@]4(C(=O)NS(=O)(=O)C5(C)CC5)C[C@H]4/C=C\CC[C@@H](C)C[C@@H](C)[C@H](CC(=O)O[C@H](C)C(F)(F)F)C(=O)N3C2)c2ccccc12.CCCOc1cnc(O[C@@H]2C[C@H]3C(=O)C[C@]4(C(=O)NS(=O)(=O)C5(C)CC5)C[C@H]4/C=C\CC[C@H](C)C[C@@H](C)[C@H](CC(=O)O[C@H](C)C(F)(F)F)C(=O)N3C2)c2ccccc12. The van der Waals surface area contributed by atoms with Crippen molar-refractivity contribution in [1.29, 1.82) is 0 Å². The van der Waals surface area contributed by atoms with Crippen molar-refractivity contribution in [3.63, 3.8) is 0 Å². The maximum Gasteiger partial charge on any atom is 0.425 e. The van der Waals surface area contributed by atoms with E-state index in [2.05, 4.69) is 19.4 Å². The molecule has 0 radical (unpaired) electrons. The standard InChI is InChI=1S/2C42H54F3N3O9S/c2*1-6-17-55-35-23-46-37(31-14-10-9-13-30(31)35)57-29-19-33-34(49)22-41(39(52)47-58(53,54)40(5)15-16-40)21-28(41)12-8-7-11-25(2)18-26(3)32(38(51)48(33)24-29)20-36(50)56-27(4)42(43,44)45/h2*8-10,12-14,23,25-29,32-33H,6-7,11,15-22,24H2,1-5H3,(H,47,52)/b2*12-8-/t25-,26+,27+,28+,29+,32-,33-,41+;25-,26-,27-,28-,29-,32+,33+,41-/m01/s1. The number of nitrogens with zero attached hydrogens (tertiary/aromatic N) is 4. The molecule has 0 bridgehead atoms. The lowest BCUT2D eigenvalue weighted by atomic mass is 9.82. The number of carbonyl (C=O) groups excluding carboxylic acids is 8. The molecule has 12 rings (SSSR count). The number of allylic oxidation sites excluding steroid dienone is 4. The topological polar surface area (TPSA) is 317 Å². The average molecular weight is 1670 g/mol. The molecule has 2 saturated heterocycles. The first kappa shape index (κ1) is 88.4. The highest BCUT2D eigenvalue weighted by molar-refractivity contribution is 7.92. The van der Waals surface area contributed by atoms with Crippen molar-refractivity contribution in [2.75, 3.05) is 26.3 Å². The number of esters is 2. The quantitative estimate of drug-likeness (QED) is 0.0419. The van der Waals surface area contributed by atoms with Gasteiger partial charge < -0.3 is 38.2 Å². The average Bonchev–Trinajstić information content (AvgIpc) is 1.57. The summed E-state index contributed by atoms with van der Waals surface area (Å²) >= 11 is 0. The van der Waals surface area contributed by atoms with E-state index in [0.29, 0.717) is 99.7 Å². The summed E-state index contributed by atoms with van der Waals surface area (Å²) in [6, 6.07) is 12.3. The summed E-state index contributed by atoms with van der Waals surface area (Å²) in [7, 11) is -8.05. The van der Waals surface area contributed by atoms with Crippen LogP contribution in [0.15, 0.2) is 85.2 Å². The zero-order valence-electron chi connectivity index (χ0n) is 67.4. The molecule has 4 amide bonds. The Kier molecular flexibility index (Phi) is 26.9. The number of hydrogen-bond donors (Lipinski definition) is 2. The Hall–Kier alpha value is -8.42. The first-order valence-electron chi connectivity index (χ1n) is 40.6. The number of ketones is 2. The summed E-state index contributed by atoms with van der Waals surface area (Å²) in [5.74, 6) is -8.64. The molecule has 2 aromatic heterocycles. The molecule has 32 heteroatoms. The van der Waals surface area contributed by atoms with Gasteiger partial charge in [-0.3, -0.25) is 47.8 Å². The molecule has 2 aromatic carbocycles. The minimum Gasteiger partial charge on any atom is -0.491 e. The van der Waals surface area contributed by atoms with Gasteiger partial charge in [-0.25, -0.2) is 26.8 Å². The smallest absolute Gasteiger partial charge is 0.425 e. The second kappa shape index (κ2) is 35.3. The van der Waals surface area contributed by atoms with Crippen LogP contribution in [0.1, 0.15) is 198 Å². The maximum absolute atomic E-state index is 14.8. The summed E-state index contributed by atoms with van der Waals surface area (Å²) in [4.78, 5) is 125. The fraction of sp³-hybridized carbons (Fsp3) is 0.643. The van der Waals surface area contributed by atoms with Crippen LogP contribution >= 0.6 is 0 Å². The molecule has 4 aliphatic heterocycles. The largest absolute Gasteiger partial charge is 0.491 e. The third-order valence-corrected chi connectivity index (χ3v) is 29.1. The number of sulfonamides is 2. The van der Waals surface area contributed by atoms with Gasteiger partial charge in [-0.15, -0.1) is 0 Å². The van der Waals surface area contributed by atoms with E-state index in [4.69, 9.17) is 28.4 Å². The predicted octanol–water partition coefficient (Wildman–Crippen LogP) is 13.7. The van der Waals surface area contributed by atoms with Crippen LogP contribution in [-0.4, -0.2) is 168 Å². The number of fused-ring (bicyclic) bond motifs is 6. The van der Waals surface area contributed by atoms with Crippen molar-refractivity contribution >= 4 is 88.7 Å². The van der Waals surface area contributed by atoms with Crippen LogP contribution in [0.5, 0.6) is 23.3 Å². The summed E-state index contributed by atoms with van der Waals surface area (Å²) < 4.78 is 170. The van der Waals surface area contributed by atoms with Crippen LogP contribution in [0.3, 0.4) is 0 Å². The summed E-state index contributed by atoms with van der Waals surface area (Å²) in [5, 5.41) is 2.75. The lowest BCUT2D eigenvalue weighted by Crippen LogP contribution is -2.48. The molecular formula is C84H108F6N6O18S2. The van der Waals surface area contributed by atoms with Gasteiger partial charge in [0.15, 0.2) is 23.8 Å². The number of hydrogen-bond acceptors (Lipinski definition) is 20. The second-order valence-electron chi connectivity index (χ2n) is 34.2. The summed E-state index contributed by atoms with van der Waals surface area (Å²) in [6.45, 7) is 16.7. The highest BCUT2D eigenvalue weighted by Crippen LogP contribution is 2.59. The second-order valence-corrected chi connectivity index (χ2v) is 38.6. The number of carbonyl (C=O) groups is 8. The van der Waals surface area contributed by atoms with Crippen molar-refractivity contribution in [2.24, 2.45) is 58.2 Å². The van der Waals surface area contributed by atoms with E-state index in [-0.39, 0.29) is 75.2 Å². The molecule has 24 nitrogen and oxygen atoms in total. The van der Waals surface area contributed by atoms with E-state index in [1.807, 2.05) is 101 Å². The van der Waals surface area contributed by atoms with Crippen LogP contribution in [-0.2, 0) is 67.9 Å². The molecule has 8 aliphatic rings. The van der Waals surface area contributed by atoms with E-state index in [9.17, 15) is 81.5 Å². The van der Waals surface area contributed by atoms with E-state index in [1.165, 1.54) is 9.80 Å². The number of nitrogens with one attached hydrogen (secondary N) is 2. The molecule has 4 aliphatic carbocycles. The Morgan fingerprint density at radius 2 is 0.905 bits per heavy atom. The van der Waals surface area contributed by atoms with Gasteiger partial charge >= 0.3 is 24.3 Å². The Morgan fingerprint density at radius 3 is 1.24 bits per heavy atom. The van der Waals surface area contributed by atoms with E-state index >= 15 is 0 Å². The monoisotopic (exact) mass is 1670 g/mol. The zero-order chi connectivity index (χ0) is 84.4. The molecule has 0 unspecified atom stereocenters. The van der Waals surface area contributed by atoms with Gasteiger partial charge in [-0.2, -0.15) is 26.3 Å². The summed E-state index contributed by atoms with van der Waals surface area (Å²) in [5.41, 5.74) is -2.75. The van der Waals surface area contributed by atoms with Crippen LogP contribution < -0.4 is 28.4 Å². The zero-order valence-corrected chi connectivity index (χ0v) is 69.0. The highest BCUT2D eigenvalue weighted by Gasteiger charge is 2.65. The number of ether oxygens (including phenoxy) is 6. The number of Topliss-reactive ketones (excluding diaryl/α,β-unsaturated/α-hetero) is 2. The van der Waals surface area contributed by atoms with Gasteiger partial charge in [-0.1, -0.05) is 102 Å². The van der Waals surface area contributed by atoms with Crippen molar-refractivity contribution in [1.82, 2.24) is 29.2 Å². The molecule has 4 saturated carbocycles. The van der Waals surface area contributed by atoms with Crippen molar-refractivity contribution in [3.05, 3.63) is 85.2 Å². The van der Waals surface area contributed by atoms with Gasteiger partial charge in [0.1, 0.15) is 23.7 Å². The first-order valence-corrected chi connectivity index (χ1v) is 43.5. The van der Waals surface area contributed by atoms with Gasteiger partial charge in [0.05, 0.1) is 95.8 Å². The fourth-order valence-corrected chi connectivity index (χ4v) is 19.3. The molecule has 4 aromatic rings. The van der Waals surface area contributed by atoms with Crippen molar-refractivity contribution < 1.29 is 110 Å². The minimum absolute atomic E-state index is 0.0176. The van der Waals surface area contributed by atoms with Gasteiger partial charge in [0.2, 0.25) is 55.4 Å². The van der Waals surface area contributed by atoms with Crippen molar-refractivity contribution in [2.45, 2.75) is 256 Å². The van der Waals surface area contributed by atoms with Crippen molar-refractivity contribution in [3.8, 4) is 23.3 Å². The van der Waals surface area contributed by atoms with Gasteiger partial charge in [0, 0.05) is 47.2 Å². The van der Waals surface area contributed by atoms with Gasteiger partial charge in [-0.05, 0) is 165 Å². The van der Waals surface area contributed by atoms with E-state index in [0.717, 1.165) is 37.5 Å². The molecule has 6 fully saturated rings. The van der Waals surface area contributed by atoms with Crippen LogP contribution in [0, 0.1) is 58.2 Å². The number of benzene rings is 2. The molecular weight excluding hydrogens is 1560 g/mol. The fourth-order valence-electron chi connectivity index (χ4n) is 16.6. The van der Waals surface area contributed by atoms with E-state index in [1.54, 1.807) is 40.1 Å². The maximum atomic E-state index is 14.8. The molecule has 636 valence electrons. The Morgan fingerprint density at radius 1 is 0.552 bits per heavy atom. The van der Waals surface area contributed by atoms with Crippen LogP contribution in [0.2, 0.25) is 0 Å². The number of halogens is 6. The van der Waals surface area contributed by atoms with Gasteiger partial charge in [0.25, 0.3) is 0 Å². The van der Waals surface area contributed by atoms with E-state index < -0.39 is 185 Å². The Bertz CT molecular complexity index is 4360. The Balaban J connectivity index is 0.000000228. The lowest BCUT2D eigenvalue weighted by Gasteiger charge is -2.32. The molecule has 116 heavy (non-hydrogen) atoms. The number of pyridine rings is 2. The Labute approximate surface area is 673 Å². The third kappa shape index (κ3) is 20.1. The number of alkyl halides is 6. The first-order chi connectivity index (χ1) is 54.6. The predicted molar refractivity (Wildman–Crippen MR) is 416 cm³/mol. The van der Waals surface area contributed by atoms with Crippen LogP contribution in [0.25, 0.3) is 21.5 Å². The molecule has 16 atom stereocenters. The molecule has 2 N–H and O–H groups in total. The number of rotatable bonds is 22. The normalized spacial score (nSPS) is 29.9.